The zero-order valence-electron chi connectivity index (χ0n) is 10.9. The van der Waals surface area contributed by atoms with Crippen LogP contribution >= 0.6 is 57.6 Å². The first-order chi connectivity index (χ1) is 9.42. The first kappa shape index (κ1) is 16.2. The summed E-state index contributed by atoms with van der Waals surface area (Å²) in [5.74, 6) is 0. The zero-order chi connectivity index (χ0) is 14.9. The van der Waals surface area contributed by atoms with Gasteiger partial charge in [-0.2, -0.15) is 0 Å². The second-order valence-electron chi connectivity index (χ2n) is 4.26. The molecule has 6 heteroatoms. The number of H-pyrrole nitrogens is 1. The number of aromatic nitrogens is 1. The monoisotopic (exact) mass is 439 g/mol. The first-order valence-corrected chi connectivity index (χ1v) is 8.62. The lowest BCUT2D eigenvalue weighted by molar-refractivity contribution is 0.960. The van der Waals surface area contributed by atoms with E-state index in [2.05, 4.69) is 34.5 Å². The van der Waals surface area contributed by atoms with Gasteiger partial charge in [0.15, 0.2) is 0 Å². The number of pyridine rings is 1. The lowest BCUT2D eigenvalue weighted by atomic mass is 10.1. The van der Waals surface area contributed by atoms with Gasteiger partial charge in [-0.05, 0) is 59.7 Å². The van der Waals surface area contributed by atoms with Crippen molar-refractivity contribution in [2.24, 2.45) is 0 Å². The van der Waals surface area contributed by atoms with Crippen molar-refractivity contribution in [1.82, 2.24) is 4.98 Å². The summed E-state index contributed by atoms with van der Waals surface area (Å²) in [7, 11) is 0. The molecule has 106 valence electrons. The van der Waals surface area contributed by atoms with Gasteiger partial charge < -0.3 is 4.98 Å². The largest absolute Gasteiger partial charge is 0.325 e. The molecule has 0 aliphatic heterocycles. The Hall–Kier alpha value is -0.170. The van der Waals surface area contributed by atoms with Crippen molar-refractivity contribution in [2.75, 3.05) is 0 Å². The molecule has 0 aliphatic carbocycles. The van der Waals surface area contributed by atoms with Crippen molar-refractivity contribution < 1.29 is 0 Å². The average Bonchev–Trinajstić information content (AvgIpc) is 2.34. The van der Waals surface area contributed by atoms with Gasteiger partial charge in [-0.1, -0.05) is 41.9 Å². The van der Waals surface area contributed by atoms with Crippen LogP contribution in [0.1, 0.15) is 18.2 Å². The van der Waals surface area contributed by atoms with E-state index in [1.165, 1.54) is 11.8 Å². The Morgan fingerprint density at radius 1 is 1.25 bits per heavy atom. The predicted octanol–water partition coefficient (Wildman–Crippen LogP) is 5.31. The molecule has 0 saturated carbocycles. The van der Waals surface area contributed by atoms with Crippen LogP contribution in [0.5, 0.6) is 0 Å². The van der Waals surface area contributed by atoms with Gasteiger partial charge in [-0.25, -0.2) is 0 Å². The number of benzene rings is 1. The van der Waals surface area contributed by atoms with Crippen molar-refractivity contribution in [3.63, 3.8) is 0 Å². The molecule has 0 bridgehead atoms. The van der Waals surface area contributed by atoms with E-state index in [0.29, 0.717) is 13.6 Å². The van der Waals surface area contributed by atoms with Crippen molar-refractivity contribution in [3.8, 4) is 0 Å². The maximum absolute atomic E-state index is 11.9. The Kier molecular flexibility index (Phi) is 5.45. The summed E-state index contributed by atoms with van der Waals surface area (Å²) in [5, 5.41) is 1.18. The third-order valence-electron chi connectivity index (χ3n) is 2.84. The van der Waals surface area contributed by atoms with E-state index < -0.39 is 0 Å². The number of hydrogen-bond donors (Lipinski definition) is 1. The SMILES string of the molecule is CCc1c(C)[nH]c(=O)c(I)c1Sc1cc(Cl)cc(Cl)c1. The molecule has 0 atom stereocenters. The van der Waals surface area contributed by atoms with Gasteiger partial charge in [-0.3, -0.25) is 4.79 Å². The number of aromatic amines is 1. The lowest BCUT2D eigenvalue weighted by Crippen LogP contribution is -2.15. The Morgan fingerprint density at radius 3 is 2.40 bits per heavy atom. The molecule has 0 unspecified atom stereocenters. The highest BCUT2D eigenvalue weighted by molar-refractivity contribution is 14.1. The molecule has 0 radical (unpaired) electrons. The predicted molar refractivity (Wildman–Crippen MR) is 94.5 cm³/mol. The molecule has 2 aromatic rings. The van der Waals surface area contributed by atoms with E-state index >= 15 is 0 Å². The number of aryl methyl sites for hydroxylation is 1. The molecule has 0 amide bonds. The Bertz CT molecular complexity index is 695. The molecular formula is C14H12Cl2INOS. The fraction of sp³-hybridized carbons (Fsp3) is 0.214. The molecule has 1 N–H and O–H groups in total. The maximum atomic E-state index is 11.9. The van der Waals surface area contributed by atoms with Crippen LogP contribution in [0, 0.1) is 10.5 Å². The highest BCUT2D eigenvalue weighted by Crippen LogP contribution is 2.36. The van der Waals surface area contributed by atoms with E-state index in [9.17, 15) is 4.79 Å². The van der Waals surface area contributed by atoms with Gasteiger partial charge in [0.05, 0.1) is 3.57 Å². The maximum Gasteiger partial charge on any atom is 0.262 e. The van der Waals surface area contributed by atoms with Crippen LogP contribution in [-0.2, 0) is 6.42 Å². The third-order valence-corrected chi connectivity index (χ3v) is 5.79. The molecule has 0 aliphatic rings. The summed E-state index contributed by atoms with van der Waals surface area (Å²) < 4.78 is 0.700. The molecule has 2 nitrogen and oxygen atoms in total. The fourth-order valence-electron chi connectivity index (χ4n) is 1.94. The Balaban J connectivity index is 2.55. The quantitative estimate of drug-likeness (QED) is 0.657. The van der Waals surface area contributed by atoms with Crippen LogP contribution in [-0.4, -0.2) is 4.98 Å². The van der Waals surface area contributed by atoms with Crippen LogP contribution in [0.3, 0.4) is 0 Å². The molecule has 0 fully saturated rings. The van der Waals surface area contributed by atoms with Gasteiger partial charge in [0, 0.05) is 25.5 Å². The average molecular weight is 440 g/mol. The minimum absolute atomic E-state index is 0.0593. The van der Waals surface area contributed by atoms with E-state index in [-0.39, 0.29) is 5.56 Å². The number of nitrogens with one attached hydrogen (secondary N) is 1. The highest BCUT2D eigenvalue weighted by Gasteiger charge is 2.14. The summed E-state index contributed by atoms with van der Waals surface area (Å²) in [4.78, 5) is 16.7. The molecule has 0 spiro atoms. The molecule has 20 heavy (non-hydrogen) atoms. The van der Waals surface area contributed by atoms with E-state index in [1.807, 2.05) is 19.1 Å². The second-order valence-corrected chi connectivity index (χ2v) is 7.30. The Morgan fingerprint density at radius 2 is 1.85 bits per heavy atom. The minimum Gasteiger partial charge on any atom is -0.325 e. The van der Waals surface area contributed by atoms with Crippen molar-refractivity contribution >= 4 is 57.6 Å². The molecular weight excluding hydrogens is 428 g/mol. The number of hydrogen-bond acceptors (Lipinski definition) is 2. The van der Waals surface area contributed by atoms with E-state index in [4.69, 9.17) is 23.2 Å². The van der Waals surface area contributed by atoms with Gasteiger partial charge in [0.25, 0.3) is 5.56 Å². The van der Waals surface area contributed by atoms with Crippen molar-refractivity contribution in [2.45, 2.75) is 30.1 Å². The van der Waals surface area contributed by atoms with Gasteiger partial charge in [0.1, 0.15) is 0 Å². The van der Waals surface area contributed by atoms with Crippen molar-refractivity contribution in [3.05, 3.63) is 53.4 Å². The van der Waals surface area contributed by atoms with Gasteiger partial charge in [0.2, 0.25) is 0 Å². The minimum atomic E-state index is -0.0593. The van der Waals surface area contributed by atoms with Crippen molar-refractivity contribution in [1.29, 1.82) is 0 Å². The summed E-state index contributed by atoms with van der Waals surface area (Å²) in [6.45, 7) is 4.00. The standard InChI is InChI=1S/C14H12Cl2INOS/c1-3-11-7(2)18-14(19)12(17)13(11)20-10-5-8(15)4-9(16)6-10/h4-6H,3H2,1-2H3,(H,18,19). The van der Waals surface area contributed by atoms with Crippen LogP contribution in [0.25, 0.3) is 0 Å². The smallest absolute Gasteiger partial charge is 0.262 e. The topological polar surface area (TPSA) is 32.9 Å². The molecule has 0 saturated heterocycles. The first-order valence-electron chi connectivity index (χ1n) is 5.97. The number of rotatable bonds is 3. The summed E-state index contributed by atoms with van der Waals surface area (Å²) in [6, 6.07) is 5.40. The van der Waals surface area contributed by atoms with E-state index in [0.717, 1.165) is 27.5 Å². The third kappa shape index (κ3) is 3.53. The normalized spacial score (nSPS) is 10.8. The fourth-order valence-corrected chi connectivity index (χ4v) is 4.60. The van der Waals surface area contributed by atoms with Gasteiger partial charge in [-0.15, -0.1) is 0 Å². The van der Waals surface area contributed by atoms with E-state index in [1.54, 1.807) is 6.07 Å². The molecule has 1 aromatic heterocycles. The number of halogens is 3. The van der Waals surface area contributed by atoms with Crippen LogP contribution in [0.4, 0.5) is 0 Å². The summed E-state index contributed by atoms with van der Waals surface area (Å²) in [6.07, 6.45) is 0.856. The zero-order valence-corrected chi connectivity index (χ0v) is 15.4. The highest BCUT2D eigenvalue weighted by atomic mass is 127. The summed E-state index contributed by atoms with van der Waals surface area (Å²) in [5.41, 5.74) is 2.00. The van der Waals surface area contributed by atoms with Crippen LogP contribution < -0.4 is 5.56 Å². The van der Waals surface area contributed by atoms with Crippen LogP contribution in [0.2, 0.25) is 10.0 Å². The Labute approximate surface area is 145 Å². The van der Waals surface area contributed by atoms with Gasteiger partial charge >= 0.3 is 0 Å². The van der Waals surface area contributed by atoms with Crippen LogP contribution in [0.15, 0.2) is 32.8 Å². The molecule has 2 rings (SSSR count). The molecule has 1 aromatic carbocycles. The second kappa shape index (κ2) is 6.73. The lowest BCUT2D eigenvalue weighted by Gasteiger charge is -2.12. The molecule has 1 heterocycles. The summed E-state index contributed by atoms with van der Waals surface area (Å²) >= 11 is 15.7.